The van der Waals surface area contributed by atoms with Crippen molar-refractivity contribution in [2.24, 2.45) is 0 Å². The van der Waals surface area contributed by atoms with Crippen molar-refractivity contribution in [1.82, 2.24) is 0 Å². The van der Waals surface area contributed by atoms with Gasteiger partial charge in [0.1, 0.15) is 5.02 Å². The lowest BCUT2D eigenvalue weighted by Gasteiger charge is -2.09. The number of methoxy groups -OCH3 is 1. The first-order valence-corrected chi connectivity index (χ1v) is 4.57. The van der Waals surface area contributed by atoms with Crippen molar-refractivity contribution in [3.63, 3.8) is 0 Å². The van der Waals surface area contributed by atoms with Gasteiger partial charge in [0.15, 0.2) is 5.75 Å². The Morgan fingerprint density at radius 1 is 1.36 bits per heavy atom. The normalized spacial score (nSPS) is 10.0. The van der Waals surface area contributed by atoms with Gasteiger partial charge in [-0.25, -0.2) is 4.79 Å². The standard InChI is InChI=1S/C8H5Cl3O3/c1-14-7-5(10)3(8(12)13)2-4(9)6(7)11/h2H,1H3,(H,12,13). The molecule has 0 atom stereocenters. The van der Waals surface area contributed by atoms with Gasteiger partial charge in [0.05, 0.1) is 22.7 Å². The minimum absolute atomic E-state index is 0.0607. The first-order valence-electron chi connectivity index (χ1n) is 3.43. The molecule has 3 nitrogen and oxygen atoms in total. The molecule has 0 amide bonds. The molecule has 0 fully saturated rings. The van der Waals surface area contributed by atoms with Crippen LogP contribution < -0.4 is 4.74 Å². The number of rotatable bonds is 2. The molecule has 0 unspecified atom stereocenters. The summed E-state index contributed by atoms with van der Waals surface area (Å²) in [4.78, 5) is 10.7. The summed E-state index contributed by atoms with van der Waals surface area (Å²) < 4.78 is 4.84. The Bertz CT molecular complexity index is 390. The molecule has 0 aromatic heterocycles. The summed E-state index contributed by atoms with van der Waals surface area (Å²) >= 11 is 17.2. The third kappa shape index (κ3) is 1.90. The lowest BCUT2D eigenvalue weighted by atomic mass is 10.2. The summed E-state index contributed by atoms with van der Waals surface area (Å²) in [5.74, 6) is -1.12. The molecule has 0 aliphatic rings. The zero-order chi connectivity index (χ0) is 10.9. The van der Waals surface area contributed by atoms with E-state index < -0.39 is 5.97 Å². The van der Waals surface area contributed by atoms with E-state index in [9.17, 15) is 4.79 Å². The largest absolute Gasteiger partial charge is 0.494 e. The van der Waals surface area contributed by atoms with Gasteiger partial charge in [-0.05, 0) is 6.07 Å². The van der Waals surface area contributed by atoms with Crippen molar-refractivity contribution >= 4 is 40.8 Å². The lowest BCUT2D eigenvalue weighted by Crippen LogP contribution is -2.00. The second kappa shape index (κ2) is 4.26. The van der Waals surface area contributed by atoms with Crippen LogP contribution >= 0.6 is 34.8 Å². The number of hydrogen-bond donors (Lipinski definition) is 1. The highest BCUT2D eigenvalue weighted by Crippen LogP contribution is 2.40. The predicted molar refractivity (Wildman–Crippen MR) is 55.0 cm³/mol. The highest BCUT2D eigenvalue weighted by Gasteiger charge is 2.19. The Labute approximate surface area is 95.1 Å². The maximum atomic E-state index is 10.7. The molecule has 1 N–H and O–H groups in total. The second-order valence-corrected chi connectivity index (χ2v) is 3.54. The minimum atomic E-state index is -1.19. The van der Waals surface area contributed by atoms with Crippen LogP contribution in [0.1, 0.15) is 10.4 Å². The first-order chi connectivity index (χ1) is 6.49. The number of hydrogen-bond acceptors (Lipinski definition) is 2. The van der Waals surface area contributed by atoms with Gasteiger partial charge in [-0.2, -0.15) is 0 Å². The Morgan fingerprint density at radius 2 is 1.93 bits per heavy atom. The van der Waals surface area contributed by atoms with Crippen LogP contribution in [-0.2, 0) is 0 Å². The van der Waals surface area contributed by atoms with Crippen LogP contribution in [0.4, 0.5) is 0 Å². The van der Waals surface area contributed by atoms with E-state index in [1.54, 1.807) is 0 Å². The zero-order valence-corrected chi connectivity index (χ0v) is 9.24. The third-order valence-electron chi connectivity index (χ3n) is 1.55. The fourth-order valence-corrected chi connectivity index (χ4v) is 1.69. The van der Waals surface area contributed by atoms with Crippen molar-refractivity contribution in [2.75, 3.05) is 7.11 Å². The van der Waals surface area contributed by atoms with Gasteiger partial charge in [-0.1, -0.05) is 34.8 Å². The quantitative estimate of drug-likeness (QED) is 0.824. The van der Waals surface area contributed by atoms with E-state index >= 15 is 0 Å². The van der Waals surface area contributed by atoms with Crippen molar-refractivity contribution in [3.05, 3.63) is 26.7 Å². The molecule has 6 heteroatoms. The van der Waals surface area contributed by atoms with E-state index in [4.69, 9.17) is 44.6 Å². The van der Waals surface area contributed by atoms with Crippen molar-refractivity contribution in [2.45, 2.75) is 0 Å². The molecule has 0 aliphatic carbocycles. The van der Waals surface area contributed by atoms with Gasteiger partial charge in [0.2, 0.25) is 0 Å². The fourth-order valence-electron chi connectivity index (χ4n) is 0.915. The van der Waals surface area contributed by atoms with Crippen molar-refractivity contribution < 1.29 is 14.6 Å². The van der Waals surface area contributed by atoms with Gasteiger partial charge < -0.3 is 9.84 Å². The summed E-state index contributed by atoms with van der Waals surface area (Å²) in [5.41, 5.74) is -0.141. The Morgan fingerprint density at radius 3 is 2.36 bits per heavy atom. The Balaban J connectivity index is 3.50. The smallest absolute Gasteiger partial charge is 0.337 e. The summed E-state index contributed by atoms with van der Waals surface area (Å²) in [6, 6.07) is 1.18. The highest BCUT2D eigenvalue weighted by molar-refractivity contribution is 6.45. The average Bonchev–Trinajstić information content (AvgIpc) is 2.12. The summed E-state index contributed by atoms with van der Waals surface area (Å²) in [5, 5.41) is 8.89. The summed E-state index contributed by atoms with van der Waals surface area (Å²) in [6.45, 7) is 0. The zero-order valence-electron chi connectivity index (χ0n) is 6.97. The van der Waals surface area contributed by atoms with Crippen LogP contribution in [0.15, 0.2) is 6.07 Å². The minimum Gasteiger partial charge on any atom is -0.494 e. The van der Waals surface area contributed by atoms with Crippen LogP contribution in [0, 0.1) is 0 Å². The Hall–Kier alpha value is -0.640. The summed E-state index contributed by atoms with van der Waals surface area (Å²) in [7, 11) is 1.33. The number of aromatic carboxylic acids is 1. The first kappa shape index (κ1) is 11.4. The Kier molecular flexibility index (Phi) is 3.48. The molecule has 0 heterocycles. The fraction of sp³-hybridized carbons (Fsp3) is 0.125. The van der Waals surface area contributed by atoms with Crippen LogP contribution in [-0.4, -0.2) is 18.2 Å². The molecule has 76 valence electrons. The van der Waals surface area contributed by atoms with E-state index in [0.29, 0.717) is 0 Å². The second-order valence-electron chi connectivity index (χ2n) is 2.37. The molecule has 0 radical (unpaired) electrons. The van der Waals surface area contributed by atoms with Gasteiger partial charge >= 0.3 is 5.97 Å². The molecule has 14 heavy (non-hydrogen) atoms. The number of carboxylic acids is 1. The van der Waals surface area contributed by atoms with E-state index in [1.807, 2.05) is 0 Å². The van der Waals surface area contributed by atoms with Crippen LogP contribution in [0.3, 0.4) is 0 Å². The van der Waals surface area contributed by atoms with Gasteiger partial charge in [-0.15, -0.1) is 0 Å². The maximum absolute atomic E-state index is 10.7. The lowest BCUT2D eigenvalue weighted by molar-refractivity contribution is 0.0696. The molecule has 0 saturated heterocycles. The van der Waals surface area contributed by atoms with E-state index in [1.165, 1.54) is 13.2 Å². The SMILES string of the molecule is COc1c(Cl)c(Cl)cc(C(=O)O)c1Cl. The summed E-state index contributed by atoms with van der Waals surface area (Å²) in [6.07, 6.45) is 0. The van der Waals surface area contributed by atoms with E-state index in [2.05, 4.69) is 0 Å². The number of carbonyl (C=O) groups is 1. The van der Waals surface area contributed by atoms with Crippen LogP contribution in [0.2, 0.25) is 15.1 Å². The topological polar surface area (TPSA) is 46.5 Å². The van der Waals surface area contributed by atoms with E-state index in [0.717, 1.165) is 0 Å². The van der Waals surface area contributed by atoms with E-state index in [-0.39, 0.29) is 26.4 Å². The van der Waals surface area contributed by atoms with Gasteiger partial charge in [0.25, 0.3) is 0 Å². The van der Waals surface area contributed by atoms with Gasteiger partial charge in [-0.3, -0.25) is 0 Å². The predicted octanol–water partition coefficient (Wildman–Crippen LogP) is 3.35. The van der Waals surface area contributed by atoms with Crippen molar-refractivity contribution in [3.8, 4) is 5.75 Å². The molecule has 1 aromatic rings. The monoisotopic (exact) mass is 254 g/mol. The van der Waals surface area contributed by atoms with Crippen LogP contribution in [0.5, 0.6) is 5.75 Å². The highest BCUT2D eigenvalue weighted by atomic mass is 35.5. The molecule has 0 aliphatic heterocycles. The number of carboxylic acid groups (broad SMARTS) is 1. The van der Waals surface area contributed by atoms with Crippen LogP contribution in [0.25, 0.3) is 0 Å². The molecule has 0 spiro atoms. The molecular weight excluding hydrogens is 250 g/mol. The number of benzene rings is 1. The van der Waals surface area contributed by atoms with Crippen molar-refractivity contribution in [1.29, 1.82) is 0 Å². The molecule has 1 aromatic carbocycles. The maximum Gasteiger partial charge on any atom is 0.337 e. The van der Waals surface area contributed by atoms with Gasteiger partial charge in [0, 0.05) is 0 Å². The molecule has 0 saturated carbocycles. The third-order valence-corrected chi connectivity index (χ3v) is 2.70. The molecular formula is C8H5Cl3O3. The average molecular weight is 255 g/mol. The molecule has 1 rings (SSSR count). The number of ether oxygens (including phenoxy) is 1. The number of halogens is 3. The molecule has 0 bridgehead atoms.